The van der Waals surface area contributed by atoms with Crippen LogP contribution in [0.5, 0.6) is 5.75 Å². The number of pyridine rings is 1. The summed E-state index contributed by atoms with van der Waals surface area (Å²) in [6.45, 7) is 2.04. The smallest absolute Gasteiger partial charge is 0.284 e. The van der Waals surface area contributed by atoms with Crippen LogP contribution in [-0.4, -0.2) is 27.4 Å². The van der Waals surface area contributed by atoms with Crippen molar-refractivity contribution < 1.29 is 9.53 Å². The van der Waals surface area contributed by atoms with E-state index in [2.05, 4.69) is 10.3 Å². The van der Waals surface area contributed by atoms with Gasteiger partial charge >= 0.3 is 0 Å². The summed E-state index contributed by atoms with van der Waals surface area (Å²) in [6, 6.07) is 17.4. The first-order valence-corrected chi connectivity index (χ1v) is 10.2. The summed E-state index contributed by atoms with van der Waals surface area (Å²) in [7, 11) is 1.58. The molecule has 3 aromatic heterocycles. The van der Waals surface area contributed by atoms with E-state index < -0.39 is 0 Å². The molecular formula is C23H18N4O2S. The van der Waals surface area contributed by atoms with Crippen molar-refractivity contribution in [2.75, 3.05) is 12.4 Å². The minimum absolute atomic E-state index is 0.266. The molecule has 6 nitrogen and oxygen atoms in total. The third-order valence-electron chi connectivity index (χ3n) is 4.85. The maximum atomic E-state index is 12.8. The van der Waals surface area contributed by atoms with Crippen LogP contribution in [0.15, 0.2) is 67.0 Å². The molecule has 0 unspecified atom stereocenters. The Balaban J connectivity index is 1.49. The molecule has 0 saturated carbocycles. The molecule has 3 heterocycles. The number of hydrogen-bond acceptors (Lipinski definition) is 5. The van der Waals surface area contributed by atoms with Gasteiger partial charge in [0.15, 0.2) is 5.01 Å². The Morgan fingerprint density at radius 3 is 2.80 bits per heavy atom. The van der Waals surface area contributed by atoms with E-state index in [4.69, 9.17) is 9.72 Å². The van der Waals surface area contributed by atoms with E-state index in [1.54, 1.807) is 7.11 Å². The largest absolute Gasteiger partial charge is 0.495 e. The predicted molar refractivity (Wildman–Crippen MR) is 119 cm³/mol. The number of rotatable bonds is 4. The van der Waals surface area contributed by atoms with Crippen molar-refractivity contribution >= 4 is 38.8 Å². The molecule has 0 atom stereocenters. The van der Waals surface area contributed by atoms with E-state index in [1.807, 2.05) is 78.3 Å². The second-order valence-electron chi connectivity index (χ2n) is 6.95. The Labute approximate surface area is 176 Å². The summed E-state index contributed by atoms with van der Waals surface area (Å²) in [5.41, 5.74) is 5.12. The third kappa shape index (κ3) is 3.29. The lowest BCUT2D eigenvalue weighted by Crippen LogP contribution is -2.12. The molecule has 0 aliphatic carbocycles. The zero-order valence-corrected chi connectivity index (χ0v) is 17.2. The minimum atomic E-state index is -0.266. The van der Waals surface area contributed by atoms with Gasteiger partial charge in [-0.05, 0) is 55.0 Å². The number of benzene rings is 2. The minimum Gasteiger partial charge on any atom is -0.495 e. The molecule has 1 N–H and O–H groups in total. The van der Waals surface area contributed by atoms with Crippen LogP contribution in [0.1, 0.15) is 15.4 Å². The Hall–Kier alpha value is -3.71. The molecule has 0 aliphatic heterocycles. The summed E-state index contributed by atoms with van der Waals surface area (Å²) >= 11 is 1.36. The highest BCUT2D eigenvalue weighted by Crippen LogP contribution is 2.31. The second kappa shape index (κ2) is 7.27. The summed E-state index contributed by atoms with van der Waals surface area (Å²) < 4.78 is 8.40. The van der Waals surface area contributed by atoms with Gasteiger partial charge in [-0.1, -0.05) is 12.1 Å². The van der Waals surface area contributed by atoms with Gasteiger partial charge in [0.05, 0.1) is 28.7 Å². The highest BCUT2D eigenvalue weighted by atomic mass is 32.1. The van der Waals surface area contributed by atoms with Crippen LogP contribution in [0, 0.1) is 6.92 Å². The van der Waals surface area contributed by atoms with Crippen molar-refractivity contribution in [2.24, 2.45) is 0 Å². The van der Waals surface area contributed by atoms with Gasteiger partial charge in [-0.25, -0.2) is 9.97 Å². The van der Waals surface area contributed by atoms with E-state index in [0.717, 1.165) is 32.7 Å². The van der Waals surface area contributed by atoms with Gasteiger partial charge < -0.3 is 14.5 Å². The molecule has 5 aromatic rings. The number of para-hydroxylation sites is 1. The number of aryl methyl sites for hydroxylation is 1. The van der Waals surface area contributed by atoms with Gasteiger partial charge in [-0.3, -0.25) is 4.79 Å². The zero-order chi connectivity index (χ0) is 20.7. The number of hydrogen-bond donors (Lipinski definition) is 1. The molecule has 2 aromatic carbocycles. The summed E-state index contributed by atoms with van der Waals surface area (Å²) in [4.78, 5) is 22.0. The Morgan fingerprint density at radius 2 is 1.97 bits per heavy atom. The number of anilines is 1. The maximum Gasteiger partial charge on any atom is 0.284 e. The van der Waals surface area contributed by atoms with Crippen LogP contribution in [0.4, 0.5) is 5.69 Å². The first kappa shape index (κ1) is 18.3. The molecule has 148 valence electrons. The third-order valence-corrected chi connectivity index (χ3v) is 5.88. The monoisotopic (exact) mass is 414 g/mol. The van der Waals surface area contributed by atoms with Crippen LogP contribution < -0.4 is 10.1 Å². The number of carbonyl (C=O) groups is 1. The topological polar surface area (TPSA) is 68.5 Å². The number of thiazole rings is 1. The number of methoxy groups -OCH3 is 1. The van der Waals surface area contributed by atoms with Gasteiger partial charge in [0.1, 0.15) is 11.4 Å². The molecule has 5 rings (SSSR count). The Kier molecular flexibility index (Phi) is 4.44. The second-order valence-corrected chi connectivity index (χ2v) is 7.98. The number of carbonyl (C=O) groups excluding carboxylic acids is 1. The average Bonchev–Trinajstić information content (AvgIpc) is 3.37. The lowest BCUT2D eigenvalue weighted by atomic mass is 10.1. The lowest BCUT2D eigenvalue weighted by Gasteiger charge is -2.10. The van der Waals surface area contributed by atoms with Gasteiger partial charge in [0, 0.05) is 18.0 Å². The fourth-order valence-corrected chi connectivity index (χ4v) is 4.19. The molecule has 30 heavy (non-hydrogen) atoms. The number of imidazole rings is 1. The number of fused-ring (bicyclic) bond motifs is 2. The number of nitrogens with one attached hydrogen (secondary N) is 1. The number of aromatic nitrogens is 3. The normalized spacial score (nSPS) is 11.1. The molecule has 0 saturated heterocycles. The van der Waals surface area contributed by atoms with Crippen molar-refractivity contribution in [1.29, 1.82) is 0 Å². The van der Waals surface area contributed by atoms with E-state index in [9.17, 15) is 4.79 Å². The molecule has 0 fully saturated rings. The highest BCUT2D eigenvalue weighted by molar-refractivity contribution is 7.20. The number of amides is 1. The van der Waals surface area contributed by atoms with Crippen molar-refractivity contribution in [3.8, 4) is 17.0 Å². The summed E-state index contributed by atoms with van der Waals surface area (Å²) in [6.07, 6.45) is 3.95. The van der Waals surface area contributed by atoms with Crippen LogP contribution in [0.25, 0.3) is 27.1 Å². The number of ether oxygens (including phenoxy) is 1. The van der Waals surface area contributed by atoms with Crippen LogP contribution in [-0.2, 0) is 0 Å². The predicted octanol–water partition coefficient (Wildman–Crippen LogP) is 5.18. The van der Waals surface area contributed by atoms with E-state index in [-0.39, 0.29) is 5.91 Å². The van der Waals surface area contributed by atoms with Gasteiger partial charge in [0.25, 0.3) is 5.91 Å². The van der Waals surface area contributed by atoms with E-state index in [1.165, 1.54) is 11.3 Å². The van der Waals surface area contributed by atoms with Gasteiger partial charge in [0.2, 0.25) is 0 Å². The summed E-state index contributed by atoms with van der Waals surface area (Å²) in [5, 5.41) is 3.35. The van der Waals surface area contributed by atoms with Crippen molar-refractivity contribution in [1.82, 2.24) is 14.4 Å². The molecule has 0 radical (unpaired) electrons. The Morgan fingerprint density at radius 1 is 1.10 bits per heavy atom. The van der Waals surface area contributed by atoms with Gasteiger partial charge in [-0.15, -0.1) is 11.3 Å². The van der Waals surface area contributed by atoms with Crippen molar-refractivity contribution in [3.63, 3.8) is 0 Å². The van der Waals surface area contributed by atoms with Crippen LogP contribution in [0.2, 0.25) is 0 Å². The standard InChI is InChI=1S/C23H18N4O2S/c1-14-9-10-27-13-18(24-21(27)11-14)15-7-8-19(29-2)17(12-15)25-22(28)23-26-16-5-3-4-6-20(16)30-23/h3-13H,1-2H3,(H,25,28). The Bertz CT molecular complexity index is 1370. The van der Waals surface area contributed by atoms with E-state index >= 15 is 0 Å². The molecular weight excluding hydrogens is 396 g/mol. The van der Waals surface area contributed by atoms with Crippen molar-refractivity contribution in [2.45, 2.75) is 6.92 Å². The highest BCUT2D eigenvalue weighted by Gasteiger charge is 2.16. The maximum absolute atomic E-state index is 12.8. The first-order chi connectivity index (χ1) is 14.6. The van der Waals surface area contributed by atoms with Crippen LogP contribution in [0.3, 0.4) is 0 Å². The van der Waals surface area contributed by atoms with Gasteiger partial charge in [-0.2, -0.15) is 0 Å². The molecule has 1 amide bonds. The fourth-order valence-electron chi connectivity index (χ4n) is 3.33. The number of nitrogens with zero attached hydrogens (tertiary/aromatic N) is 3. The molecule has 0 spiro atoms. The van der Waals surface area contributed by atoms with E-state index in [0.29, 0.717) is 16.4 Å². The SMILES string of the molecule is COc1ccc(-c2cn3ccc(C)cc3n2)cc1NC(=O)c1nc2ccccc2s1. The molecule has 7 heteroatoms. The average molecular weight is 414 g/mol. The zero-order valence-electron chi connectivity index (χ0n) is 16.4. The summed E-state index contributed by atoms with van der Waals surface area (Å²) in [5.74, 6) is 0.310. The van der Waals surface area contributed by atoms with Crippen molar-refractivity contribution in [3.05, 3.63) is 77.6 Å². The van der Waals surface area contributed by atoms with Crippen LogP contribution >= 0.6 is 11.3 Å². The lowest BCUT2D eigenvalue weighted by molar-refractivity contribution is 0.102. The molecule has 0 bridgehead atoms. The fraction of sp³-hybridized carbons (Fsp3) is 0.0870. The first-order valence-electron chi connectivity index (χ1n) is 9.41. The molecule has 0 aliphatic rings. The quantitative estimate of drug-likeness (QED) is 0.440.